The third-order valence-electron chi connectivity index (χ3n) is 7.90. The van der Waals surface area contributed by atoms with Gasteiger partial charge in [-0.1, -0.05) is 75.4 Å². The second-order valence-electron chi connectivity index (χ2n) is 12.2. The number of hydrogen-bond acceptors (Lipinski definition) is 6. The summed E-state index contributed by atoms with van der Waals surface area (Å²) < 4.78 is 38.2. The first-order chi connectivity index (χ1) is 17.1. The lowest BCUT2D eigenvalue weighted by molar-refractivity contribution is -0.336. The molecule has 4 fully saturated rings. The number of fused-ring (bicyclic) bond motifs is 1. The second kappa shape index (κ2) is 8.90. The van der Waals surface area contributed by atoms with Gasteiger partial charge < -0.3 is 28.4 Å². The van der Waals surface area contributed by atoms with Crippen molar-refractivity contribution in [1.29, 1.82) is 0 Å². The fourth-order valence-corrected chi connectivity index (χ4v) is 5.75. The first-order valence-electron chi connectivity index (χ1n) is 13.2. The van der Waals surface area contributed by atoms with Crippen molar-refractivity contribution in [3.63, 3.8) is 0 Å². The number of ether oxygens (including phenoxy) is 6. The molecule has 2 aromatic rings. The van der Waals surface area contributed by atoms with Crippen LogP contribution < -0.4 is 0 Å². The lowest BCUT2D eigenvalue weighted by Gasteiger charge is -2.43. The Hall–Kier alpha value is -1.80. The van der Waals surface area contributed by atoms with E-state index in [0.29, 0.717) is 31.7 Å². The molecule has 0 unspecified atom stereocenters. The largest absolute Gasteiger partial charge is 0.365 e. The molecule has 0 N–H and O–H groups in total. The summed E-state index contributed by atoms with van der Waals surface area (Å²) in [7, 11) is 0. The Balaban J connectivity index is 1.19. The summed E-state index contributed by atoms with van der Waals surface area (Å²) in [5.41, 5.74) is 3.85. The second-order valence-corrected chi connectivity index (χ2v) is 12.2. The Bertz CT molecular complexity index is 1060. The molecular weight excluding hydrogens is 456 g/mol. The van der Waals surface area contributed by atoms with E-state index in [2.05, 4.69) is 75.4 Å². The normalized spacial score (nSPS) is 37.2. The third-order valence-corrected chi connectivity index (χ3v) is 7.90. The third kappa shape index (κ3) is 4.64. The van der Waals surface area contributed by atoms with Gasteiger partial charge in [-0.2, -0.15) is 0 Å². The van der Waals surface area contributed by atoms with Crippen molar-refractivity contribution in [2.75, 3.05) is 13.2 Å². The maximum atomic E-state index is 6.60. The molecule has 36 heavy (non-hydrogen) atoms. The Morgan fingerprint density at radius 2 is 1.69 bits per heavy atom. The topological polar surface area (TPSA) is 55.4 Å². The van der Waals surface area contributed by atoms with E-state index in [1.54, 1.807) is 0 Å². The molecule has 4 aliphatic rings. The molecule has 6 rings (SSSR count). The van der Waals surface area contributed by atoms with Crippen LogP contribution in [0.15, 0.2) is 54.6 Å². The first kappa shape index (κ1) is 24.5. The molecule has 6 nitrogen and oxygen atoms in total. The summed E-state index contributed by atoms with van der Waals surface area (Å²) in [4.78, 5) is 0. The van der Waals surface area contributed by atoms with Crippen LogP contribution in [0, 0.1) is 5.92 Å². The molecule has 0 amide bonds. The van der Waals surface area contributed by atoms with Crippen LogP contribution in [0.3, 0.4) is 0 Å². The number of hydrogen-bond donors (Lipinski definition) is 0. The van der Waals surface area contributed by atoms with E-state index >= 15 is 0 Å². The molecule has 6 heteroatoms. The van der Waals surface area contributed by atoms with Crippen molar-refractivity contribution in [3.8, 4) is 0 Å². The quantitative estimate of drug-likeness (QED) is 0.563. The van der Waals surface area contributed by atoms with Crippen molar-refractivity contribution in [2.24, 2.45) is 5.92 Å². The van der Waals surface area contributed by atoms with Crippen LogP contribution in [0.2, 0.25) is 0 Å². The smallest absolute Gasteiger partial charge is 0.224 e. The Morgan fingerprint density at radius 3 is 2.36 bits per heavy atom. The summed E-state index contributed by atoms with van der Waals surface area (Å²) >= 11 is 0. The number of benzene rings is 2. The SMILES string of the molecule is CC1(C)OC[C@]2(OC[C@H]3O[C@@H]([C@@H]4C[C@H]4c4ccccc4)O[C@H]3[C@@H]2OCc2ccc(C(C)(C)C)cc2)O1. The minimum absolute atomic E-state index is 0.110. The fourth-order valence-electron chi connectivity index (χ4n) is 5.75. The van der Waals surface area contributed by atoms with E-state index in [4.69, 9.17) is 28.4 Å². The predicted octanol–water partition coefficient (Wildman–Crippen LogP) is 5.29. The summed E-state index contributed by atoms with van der Waals surface area (Å²) in [6.45, 7) is 11.6. The molecule has 3 saturated heterocycles. The van der Waals surface area contributed by atoms with Crippen LogP contribution in [-0.2, 0) is 40.4 Å². The monoisotopic (exact) mass is 494 g/mol. The van der Waals surface area contributed by atoms with Gasteiger partial charge in [-0.3, -0.25) is 0 Å². The van der Waals surface area contributed by atoms with Gasteiger partial charge in [0.05, 0.1) is 13.2 Å². The molecule has 194 valence electrons. The van der Waals surface area contributed by atoms with Gasteiger partial charge >= 0.3 is 0 Å². The number of rotatable bonds is 5. The standard InChI is InChI=1S/C30H38O6/c1-28(2,3)21-13-11-19(12-14-21)16-31-26-25-24(17-32-30(26)18-33-29(4,5)36-30)34-27(35-25)23-15-22(23)20-9-7-6-8-10-20/h6-14,22-27H,15-18H2,1-5H3/t22-,23+,24+,25+,26-,27+,30-/m0/s1. The summed E-state index contributed by atoms with van der Waals surface area (Å²) in [6.07, 6.45) is -0.153. The zero-order valence-corrected chi connectivity index (χ0v) is 21.9. The van der Waals surface area contributed by atoms with Gasteiger partial charge in [-0.25, -0.2) is 0 Å². The highest BCUT2D eigenvalue weighted by Gasteiger charge is 2.64. The Labute approximate surface area is 214 Å². The molecular formula is C30H38O6. The van der Waals surface area contributed by atoms with Crippen molar-refractivity contribution in [3.05, 3.63) is 71.3 Å². The maximum Gasteiger partial charge on any atom is 0.224 e. The fraction of sp³-hybridized carbons (Fsp3) is 0.600. The minimum atomic E-state index is -1.02. The van der Waals surface area contributed by atoms with Crippen LogP contribution in [0.4, 0.5) is 0 Å². The molecule has 1 saturated carbocycles. The van der Waals surface area contributed by atoms with Crippen LogP contribution in [0.25, 0.3) is 0 Å². The van der Waals surface area contributed by atoms with Gasteiger partial charge in [0.15, 0.2) is 12.1 Å². The molecule has 1 aliphatic carbocycles. The van der Waals surface area contributed by atoms with Crippen molar-refractivity contribution < 1.29 is 28.4 Å². The zero-order valence-electron chi connectivity index (χ0n) is 21.9. The molecule has 3 heterocycles. The molecule has 0 aromatic heterocycles. The molecule has 3 aliphatic heterocycles. The average molecular weight is 495 g/mol. The Kier molecular flexibility index (Phi) is 6.06. The van der Waals surface area contributed by atoms with E-state index < -0.39 is 17.7 Å². The van der Waals surface area contributed by atoms with Gasteiger partial charge in [-0.05, 0) is 48.3 Å². The highest BCUT2D eigenvalue weighted by atomic mass is 16.9. The lowest BCUT2D eigenvalue weighted by Crippen LogP contribution is -2.62. The van der Waals surface area contributed by atoms with Gasteiger partial charge in [0.1, 0.15) is 24.9 Å². The molecule has 2 aromatic carbocycles. The van der Waals surface area contributed by atoms with E-state index in [1.165, 1.54) is 11.1 Å². The predicted molar refractivity (Wildman–Crippen MR) is 134 cm³/mol. The van der Waals surface area contributed by atoms with Crippen molar-refractivity contribution in [2.45, 2.75) is 95.2 Å². The summed E-state index contributed by atoms with van der Waals surface area (Å²) in [5, 5.41) is 0. The van der Waals surface area contributed by atoms with Crippen molar-refractivity contribution in [1.82, 2.24) is 0 Å². The zero-order chi connectivity index (χ0) is 25.1. The van der Waals surface area contributed by atoms with Gasteiger partial charge in [-0.15, -0.1) is 0 Å². The van der Waals surface area contributed by atoms with Crippen LogP contribution in [-0.4, -0.2) is 49.4 Å². The summed E-state index contributed by atoms with van der Waals surface area (Å²) in [6, 6.07) is 19.2. The van der Waals surface area contributed by atoms with Crippen LogP contribution in [0.1, 0.15) is 63.6 Å². The van der Waals surface area contributed by atoms with Gasteiger partial charge in [0.2, 0.25) is 5.79 Å². The van der Waals surface area contributed by atoms with Gasteiger partial charge in [0.25, 0.3) is 0 Å². The Morgan fingerprint density at radius 1 is 0.944 bits per heavy atom. The molecule has 0 radical (unpaired) electrons. The van der Waals surface area contributed by atoms with Crippen molar-refractivity contribution >= 4 is 0 Å². The van der Waals surface area contributed by atoms with Crippen LogP contribution >= 0.6 is 0 Å². The molecule has 1 spiro atoms. The van der Waals surface area contributed by atoms with Crippen LogP contribution in [0.5, 0.6) is 0 Å². The minimum Gasteiger partial charge on any atom is -0.365 e. The lowest BCUT2D eigenvalue weighted by atomic mass is 9.87. The molecule has 7 atom stereocenters. The van der Waals surface area contributed by atoms with E-state index in [1.807, 2.05) is 13.8 Å². The highest BCUT2D eigenvalue weighted by molar-refractivity contribution is 5.28. The first-order valence-corrected chi connectivity index (χ1v) is 13.2. The van der Waals surface area contributed by atoms with E-state index in [0.717, 1.165) is 12.0 Å². The average Bonchev–Trinajstić information content (AvgIpc) is 3.43. The van der Waals surface area contributed by atoms with E-state index in [-0.39, 0.29) is 23.9 Å². The summed E-state index contributed by atoms with van der Waals surface area (Å²) in [5.74, 6) is -0.957. The van der Waals surface area contributed by atoms with E-state index in [9.17, 15) is 0 Å². The maximum absolute atomic E-state index is 6.60. The molecule has 0 bridgehead atoms. The highest BCUT2D eigenvalue weighted by Crippen LogP contribution is 2.54. The van der Waals surface area contributed by atoms with Gasteiger partial charge in [0, 0.05) is 5.92 Å².